The van der Waals surface area contributed by atoms with E-state index >= 15 is 0 Å². The van der Waals surface area contributed by atoms with Crippen molar-refractivity contribution in [2.24, 2.45) is 0 Å². The third-order valence-electron chi connectivity index (χ3n) is 4.85. The summed E-state index contributed by atoms with van der Waals surface area (Å²) in [4.78, 5) is 19.3. The number of thiazole rings is 1. The van der Waals surface area contributed by atoms with E-state index in [0.29, 0.717) is 16.8 Å². The Morgan fingerprint density at radius 2 is 2.12 bits per heavy atom. The number of nitrogens with one attached hydrogen (secondary N) is 1. The molecule has 0 aliphatic heterocycles. The molecule has 1 aliphatic carbocycles. The minimum Gasteiger partial charge on any atom is -0.351 e. The van der Waals surface area contributed by atoms with Crippen LogP contribution >= 0.6 is 22.7 Å². The number of aryl methyl sites for hydroxylation is 4. The van der Waals surface area contributed by atoms with E-state index in [9.17, 15) is 9.18 Å². The molecule has 0 saturated heterocycles. The van der Waals surface area contributed by atoms with Crippen LogP contribution in [0.15, 0.2) is 18.2 Å². The minimum absolute atomic E-state index is 0.110. The zero-order chi connectivity index (χ0) is 18.1. The van der Waals surface area contributed by atoms with Gasteiger partial charge in [-0.25, -0.2) is 9.37 Å². The first-order valence-corrected chi connectivity index (χ1v) is 10.7. The van der Waals surface area contributed by atoms with Crippen molar-refractivity contribution in [1.29, 1.82) is 0 Å². The van der Waals surface area contributed by atoms with Crippen LogP contribution in [0.3, 0.4) is 0 Å². The van der Waals surface area contributed by atoms with Crippen molar-refractivity contribution in [3.05, 3.63) is 50.0 Å². The predicted octanol–water partition coefficient (Wildman–Crippen LogP) is 5.05. The molecule has 1 aromatic carbocycles. The molecule has 1 aliphatic rings. The van der Waals surface area contributed by atoms with Crippen molar-refractivity contribution in [2.75, 3.05) is 6.54 Å². The van der Waals surface area contributed by atoms with Crippen molar-refractivity contribution in [1.82, 2.24) is 10.3 Å². The average Bonchev–Trinajstić information content (AvgIpc) is 3.20. The van der Waals surface area contributed by atoms with E-state index in [4.69, 9.17) is 4.98 Å². The summed E-state index contributed by atoms with van der Waals surface area (Å²) in [5.41, 5.74) is 2.02. The summed E-state index contributed by atoms with van der Waals surface area (Å²) in [5, 5.41) is 4.73. The third kappa shape index (κ3) is 3.40. The molecule has 2 aromatic heterocycles. The lowest BCUT2D eigenvalue weighted by molar-refractivity contribution is 0.0957. The molecule has 0 saturated carbocycles. The standard InChI is InChI=1S/C20H21FN2OS2/c1-12-18-13(21)6-4-9-16(18)26-19(12)20(24)22-11-5-10-17-23-14-7-2-3-8-15(14)25-17/h4,6,9H,2-3,5,7-8,10-11H2,1H3,(H,22,24). The summed E-state index contributed by atoms with van der Waals surface area (Å²) in [6.07, 6.45) is 6.59. The van der Waals surface area contributed by atoms with E-state index in [-0.39, 0.29) is 11.7 Å². The fourth-order valence-electron chi connectivity index (χ4n) is 3.50. The largest absolute Gasteiger partial charge is 0.351 e. The Morgan fingerprint density at radius 1 is 1.27 bits per heavy atom. The van der Waals surface area contributed by atoms with Crippen LogP contribution in [-0.2, 0) is 19.3 Å². The Kier molecular flexibility index (Phi) is 5.05. The van der Waals surface area contributed by atoms with Gasteiger partial charge in [0.05, 0.1) is 15.6 Å². The number of carbonyl (C=O) groups is 1. The van der Waals surface area contributed by atoms with Crippen molar-refractivity contribution in [3.8, 4) is 0 Å². The van der Waals surface area contributed by atoms with E-state index in [1.807, 2.05) is 24.3 Å². The van der Waals surface area contributed by atoms with Gasteiger partial charge >= 0.3 is 0 Å². The number of hydrogen-bond acceptors (Lipinski definition) is 4. The van der Waals surface area contributed by atoms with Crippen LogP contribution in [0.1, 0.15) is 50.1 Å². The molecule has 6 heteroatoms. The summed E-state index contributed by atoms with van der Waals surface area (Å²) in [6, 6.07) is 4.98. The lowest BCUT2D eigenvalue weighted by Crippen LogP contribution is -2.24. The van der Waals surface area contributed by atoms with E-state index in [2.05, 4.69) is 5.32 Å². The molecule has 4 rings (SSSR count). The summed E-state index contributed by atoms with van der Waals surface area (Å²) < 4.78 is 14.8. The summed E-state index contributed by atoms with van der Waals surface area (Å²) in [6.45, 7) is 2.43. The van der Waals surface area contributed by atoms with Gasteiger partial charge in [0.1, 0.15) is 5.82 Å². The van der Waals surface area contributed by atoms with Crippen molar-refractivity contribution >= 4 is 38.7 Å². The van der Waals surface area contributed by atoms with Crippen LogP contribution in [0.2, 0.25) is 0 Å². The number of fused-ring (bicyclic) bond motifs is 2. The van der Waals surface area contributed by atoms with Gasteiger partial charge in [-0.05, 0) is 56.7 Å². The molecule has 3 nitrogen and oxygen atoms in total. The number of nitrogens with zero attached hydrogens (tertiary/aromatic N) is 1. The van der Waals surface area contributed by atoms with Crippen LogP contribution < -0.4 is 5.32 Å². The molecule has 136 valence electrons. The first-order valence-electron chi connectivity index (χ1n) is 9.07. The van der Waals surface area contributed by atoms with Crippen LogP contribution in [-0.4, -0.2) is 17.4 Å². The van der Waals surface area contributed by atoms with E-state index in [0.717, 1.165) is 29.5 Å². The maximum Gasteiger partial charge on any atom is 0.261 e. The van der Waals surface area contributed by atoms with Gasteiger partial charge in [-0.15, -0.1) is 22.7 Å². The number of amides is 1. The quantitative estimate of drug-likeness (QED) is 0.622. The fraction of sp³-hybridized carbons (Fsp3) is 0.400. The van der Waals surface area contributed by atoms with Crippen LogP contribution in [0.4, 0.5) is 4.39 Å². The molecular formula is C20H21FN2OS2. The molecule has 1 N–H and O–H groups in total. The number of carbonyl (C=O) groups excluding carboxylic acids is 1. The Morgan fingerprint density at radius 3 is 2.92 bits per heavy atom. The zero-order valence-electron chi connectivity index (χ0n) is 14.7. The van der Waals surface area contributed by atoms with Crippen molar-refractivity contribution < 1.29 is 9.18 Å². The second kappa shape index (κ2) is 7.45. The molecule has 0 bridgehead atoms. The lowest BCUT2D eigenvalue weighted by atomic mass is 10.0. The smallest absolute Gasteiger partial charge is 0.261 e. The highest BCUT2D eigenvalue weighted by atomic mass is 32.1. The SMILES string of the molecule is Cc1c(C(=O)NCCCc2nc3c(s2)CCCC3)sc2cccc(F)c12. The Bertz CT molecular complexity index is 937. The Labute approximate surface area is 160 Å². The van der Waals surface area contributed by atoms with Gasteiger partial charge in [-0.1, -0.05) is 6.07 Å². The summed E-state index contributed by atoms with van der Waals surface area (Å²) >= 11 is 3.19. The lowest BCUT2D eigenvalue weighted by Gasteiger charge is -2.06. The van der Waals surface area contributed by atoms with Crippen molar-refractivity contribution in [2.45, 2.75) is 45.4 Å². The second-order valence-electron chi connectivity index (χ2n) is 6.71. The van der Waals surface area contributed by atoms with Gasteiger partial charge in [0.15, 0.2) is 0 Å². The number of aromatic nitrogens is 1. The molecule has 3 aromatic rings. The maximum atomic E-state index is 14.0. The van der Waals surface area contributed by atoms with Gasteiger partial charge in [-0.3, -0.25) is 4.79 Å². The van der Waals surface area contributed by atoms with Gasteiger partial charge in [0, 0.05) is 27.9 Å². The molecule has 26 heavy (non-hydrogen) atoms. The molecule has 2 heterocycles. The minimum atomic E-state index is -0.261. The number of rotatable bonds is 5. The highest BCUT2D eigenvalue weighted by Gasteiger charge is 2.18. The highest BCUT2D eigenvalue weighted by molar-refractivity contribution is 7.21. The number of thiophene rings is 1. The molecular weight excluding hydrogens is 367 g/mol. The van der Waals surface area contributed by atoms with Gasteiger partial charge in [0.2, 0.25) is 0 Å². The van der Waals surface area contributed by atoms with Crippen LogP contribution in [0.5, 0.6) is 0 Å². The topological polar surface area (TPSA) is 42.0 Å². The summed E-state index contributed by atoms with van der Waals surface area (Å²) in [5.74, 6) is -0.371. The fourth-order valence-corrected chi connectivity index (χ4v) is 5.84. The molecule has 0 spiro atoms. The zero-order valence-corrected chi connectivity index (χ0v) is 16.4. The van der Waals surface area contributed by atoms with E-state index in [1.54, 1.807) is 6.07 Å². The molecule has 0 atom stereocenters. The van der Waals surface area contributed by atoms with Crippen LogP contribution in [0, 0.1) is 12.7 Å². The van der Waals surface area contributed by atoms with Gasteiger partial charge in [-0.2, -0.15) is 0 Å². The van der Waals surface area contributed by atoms with Crippen molar-refractivity contribution in [3.63, 3.8) is 0 Å². The molecule has 0 fully saturated rings. The van der Waals surface area contributed by atoms with Gasteiger partial charge in [0.25, 0.3) is 5.91 Å². The number of hydrogen-bond donors (Lipinski definition) is 1. The highest BCUT2D eigenvalue weighted by Crippen LogP contribution is 2.32. The van der Waals surface area contributed by atoms with E-state index in [1.165, 1.54) is 52.2 Å². The van der Waals surface area contributed by atoms with E-state index < -0.39 is 0 Å². The maximum absolute atomic E-state index is 14.0. The third-order valence-corrected chi connectivity index (χ3v) is 7.33. The first-order chi connectivity index (χ1) is 12.6. The Balaban J connectivity index is 1.35. The first kappa shape index (κ1) is 17.6. The van der Waals surface area contributed by atoms with Crippen LogP contribution in [0.25, 0.3) is 10.1 Å². The molecule has 0 radical (unpaired) electrons. The number of benzene rings is 1. The second-order valence-corrected chi connectivity index (χ2v) is 8.93. The van der Waals surface area contributed by atoms with Gasteiger partial charge < -0.3 is 5.32 Å². The number of halogens is 1. The Hall–Kier alpha value is -1.79. The molecule has 0 unspecified atom stereocenters. The normalized spacial score (nSPS) is 13.8. The predicted molar refractivity (Wildman–Crippen MR) is 106 cm³/mol. The average molecular weight is 389 g/mol. The monoisotopic (exact) mass is 388 g/mol. The summed E-state index contributed by atoms with van der Waals surface area (Å²) in [7, 11) is 0. The molecule has 1 amide bonds.